The molecule has 1 amide bonds. The molecular weight excluding hydrogens is 478 g/mol. The van der Waals surface area contributed by atoms with Gasteiger partial charge in [0.05, 0.1) is 24.4 Å². The molecule has 1 fully saturated rings. The molecule has 0 radical (unpaired) electrons. The second kappa shape index (κ2) is 10.8. The van der Waals surface area contributed by atoms with Gasteiger partial charge in [-0.25, -0.2) is 0 Å². The third-order valence-corrected chi connectivity index (χ3v) is 6.93. The van der Waals surface area contributed by atoms with Gasteiger partial charge in [0, 0.05) is 5.56 Å². The molecule has 4 aromatic rings. The van der Waals surface area contributed by atoms with Crippen molar-refractivity contribution in [1.82, 2.24) is 4.90 Å². The maximum absolute atomic E-state index is 13.3. The first-order chi connectivity index (χ1) is 18.5. The van der Waals surface area contributed by atoms with Crippen molar-refractivity contribution in [1.29, 1.82) is 0 Å². The highest BCUT2D eigenvalue weighted by Crippen LogP contribution is 2.40. The van der Waals surface area contributed by atoms with E-state index in [1.54, 1.807) is 36.4 Å². The summed E-state index contributed by atoms with van der Waals surface area (Å²) in [4.78, 5) is 27.9. The molecule has 0 aliphatic carbocycles. The van der Waals surface area contributed by atoms with Crippen molar-refractivity contribution in [2.75, 3.05) is 0 Å². The van der Waals surface area contributed by atoms with Crippen molar-refractivity contribution in [3.8, 4) is 5.75 Å². The lowest BCUT2D eigenvalue weighted by atomic mass is 9.94. The second-order valence-corrected chi connectivity index (χ2v) is 9.34. The number of hydrogen-bond donors (Lipinski definition) is 1. The molecule has 192 valence electrons. The fourth-order valence-corrected chi connectivity index (χ4v) is 4.69. The molecule has 2 heterocycles. The molecule has 1 saturated heterocycles. The van der Waals surface area contributed by atoms with Crippen LogP contribution in [0.4, 0.5) is 0 Å². The van der Waals surface area contributed by atoms with Crippen LogP contribution < -0.4 is 4.74 Å². The van der Waals surface area contributed by atoms with E-state index in [-0.39, 0.29) is 17.9 Å². The number of likely N-dealkylation sites (tertiary alicyclic amines) is 1. The van der Waals surface area contributed by atoms with E-state index in [0.717, 1.165) is 28.7 Å². The lowest BCUT2D eigenvalue weighted by molar-refractivity contribution is -0.140. The minimum atomic E-state index is -0.747. The van der Waals surface area contributed by atoms with E-state index in [9.17, 15) is 14.7 Å². The molecule has 6 nitrogen and oxygen atoms in total. The number of Topliss-reactive ketones (excluding diaryl/α,β-unsaturated/α-hetero) is 1. The van der Waals surface area contributed by atoms with Gasteiger partial charge in [0.15, 0.2) is 0 Å². The molecule has 1 unspecified atom stereocenters. The van der Waals surface area contributed by atoms with Gasteiger partial charge in [-0.05, 0) is 72.0 Å². The Bertz CT molecular complexity index is 1470. The molecule has 3 aromatic carbocycles. The summed E-state index contributed by atoms with van der Waals surface area (Å²) in [5.41, 5.74) is 4.60. The summed E-state index contributed by atoms with van der Waals surface area (Å²) in [6, 6.07) is 25.4. The predicted molar refractivity (Wildman–Crippen MR) is 144 cm³/mol. The van der Waals surface area contributed by atoms with E-state index < -0.39 is 17.7 Å². The number of ketones is 1. The Morgan fingerprint density at radius 1 is 0.947 bits per heavy atom. The van der Waals surface area contributed by atoms with Crippen LogP contribution in [0.3, 0.4) is 0 Å². The van der Waals surface area contributed by atoms with Gasteiger partial charge < -0.3 is 19.2 Å². The van der Waals surface area contributed by atoms with Gasteiger partial charge >= 0.3 is 0 Å². The van der Waals surface area contributed by atoms with E-state index in [4.69, 9.17) is 9.15 Å². The molecule has 1 atom stereocenters. The highest BCUT2D eigenvalue weighted by molar-refractivity contribution is 6.46. The van der Waals surface area contributed by atoms with Gasteiger partial charge in [-0.2, -0.15) is 0 Å². The highest BCUT2D eigenvalue weighted by atomic mass is 16.5. The summed E-state index contributed by atoms with van der Waals surface area (Å²) in [5.74, 6) is -0.434. The normalized spacial score (nSPS) is 16.7. The monoisotopic (exact) mass is 507 g/mol. The van der Waals surface area contributed by atoms with Crippen LogP contribution in [-0.2, 0) is 29.2 Å². The number of benzene rings is 3. The molecular formula is C32H29NO5. The van der Waals surface area contributed by atoms with Crippen LogP contribution in [0.5, 0.6) is 5.75 Å². The Labute approximate surface area is 221 Å². The lowest BCUT2D eigenvalue weighted by Crippen LogP contribution is -2.29. The molecule has 1 aliphatic heterocycles. The van der Waals surface area contributed by atoms with E-state index in [0.29, 0.717) is 23.7 Å². The predicted octanol–water partition coefficient (Wildman–Crippen LogP) is 6.35. The van der Waals surface area contributed by atoms with Gasteiger partial charge in [-0.15, -0.1) is 0 Å². The first kappa shape index (κ1) is 25.1. The number of aliphatic hydroxyl groups is 1. The number of carbonyl (C=O) groups is 2. The molecule has 1 N–H and O–H groups in total. The summed E-state index contributed by atoms with van der Waals surface area (Å²) in [7, 11) is 0. The minimum absolute atomic E-state index is 0.0550. The third kappa shape index (κ3) is 4.98. The molecule has 38 heavy (non-hydrogen) atoms. The van der Waals surface area contributed by atoms with Crippen LogP contribution in [0.15, 0.2) is 101 Å². The zero-order valence-electron chi connectivity index (χ0n) is 21.4. The maximum Gasteiger partial charge on any atom is 0.296 e. The second-order valence-electron chi connectivity index (χ2n) is 9.34. The third-order valence-electron chi connectivity index (χ3n) is 6.93. The van der Waals surface area contributed by atoms with Crippen LogP contribution in [0.1, 0.15) is 46.5 Å². The topological polar surface area (TPSA) is 80.0 Å². The Morgan fingerprint density at radius 2 is 1.68 bits per heavy atom. The number of furan rings is 1. The zero-order chi connectivity index (χ0) is 26.6. The van der Waals surface area contributed by atoms with Gasteiger partial charge in [-0.1, -0.05) is 55.5 Å². The van der Waals surface area contributed by atoms with Crippen molar-refractivity contribution >= 4 is 17.4 Å². The Balaban J connectivity index is 1.47. The highest BCUT2D eigenvalue weighted by Gasteiger charge is 2.46. The number of aryl methyl sites for hydroxylation is 2. The molecule has 5 rings (SSSR count). The molecule has 0 spiro atoms. The van der Waals surface area contributed by atoms with Gasteiger partial charge in [0.25, 0.3) is 11.7 Å². The number of aliphatic hydroxyl groups excluding tert-OH is 1. The Morgan fingerprint density at radius 3 is 2.34 bits per heavy atom. The van der Waals surface area contributed by atoms with E-state index >= 15 is 0 Å². The fraction of sp³-hybridized carbons (Fsp3) is 0.188. The standard InChI is InChI=1S/C32H29NO5/c1-3-22-10-12-23(13-11-22)29-28(31(35)32(36)33(29)19-27-9-6-18-37-27)30(34)24-14-16-26(17-15-24)38-20-25-8-5-4-7-21(25)2/h4-18,29,34H,3,19-20H2,1-2H3/b30-28+. The first-order valence-corrected chi connectivity index (χ1v) is 12.6. The average Bonchev–Trinajstić information content (AvgIpc) is 3.55. The van der Waals surface area contributed by atoms with Crippen molar-refractivity contribution < 1.29 is 23.8 Å². The summed E-state index contributed by atoms with van der Waals surface area (Å²) in [5, 5.41) is 11.3. The van der Waals surface area contributed by atoms with Crippen molar-refractivity contribution in [2.45, 2.75) is 39.5 Å². The van der Waals surface area contributed by atoms with Gasteiger partial charge in [0.1, 0.15) is 23.9 Å². The van der Waals surface area contributed by atoms with Crippen LogP contribution >= 0.6 is 0 Å². The first-order valence-electron chi connectivity index (χ1n) is 12.6. The molecule has 0 bridgehead atoms. The van der Waals surface area contributed by atoms with Crippen LogP contribution in [0, 0.1) is 6.92 Å². The summed E-state index contributed by atoms with van der Waals surface area (Å²) in [6.45, 7) is 4.63. The average molecular weight is 508 g/mol. The minimum Gasteiger partial charge on any atom is -0.507 e. The molecule has 0 saturated carbocycles. The van der Waals surface area contributed by atoms with Crippen molar-refractivity contribution in [3.63, 3.8) is 0 Å². The number of nitrogens with zero attached hydrogens (tertiary/aromatic N) is 1. The summed E-state index contributed by atoms with van der Waals surface area (Å²) < 4.78 is 11.4. The Kier molecular flexibility index (Phi) is 7.13. The van der Waals surface area contributed by atoms with Crippen LogP contribution in [0.25, 0.3) is 5.76 Å². The van der Waals surface area contributed by atoms with Gasteiger partial charge in [0.2, 0.25) is 0 Å². The van der Waals surface area contributed by atoms with Crippen molar-refractivity contribution in [2.24, 2.45) is 0 Å². The van der Waals surface area contributed by atoms with Gasteiger partial charge in [-0.3, -0.25) is 9.59 Å². The van der Waals surface area contributed by atoms with E-state index in [1.165, 1.54) is 11.2 Å². The van der Waals surface area contributed by atoms with Crippen LogP contribution in [-0.4, -0.2) is 21.7 Å². The maximum atomic E-state index is 13.3. The number of rotatable bonds is 8. The largest absolute Gasteiger partial charge is 0.507 e. The number of amides is 1. The smallest absolute Gasteiger partial charge is 0.296 e. The number of ether oxygens (including phenoxy) is 1. The van der Waals surface area contributed by atoms with Crippen molar-refractivity contribution in [3.05, 3.63) is 130 Å². The Hall–Kier alpha value is -4.58. The molecule has 1 aromatic heterocycles. The number of hydrogen-bond acceptors (Lipinski definition) is 5. The molecule has 1 aliphatic rings. The SMILES string of the molecule is CCc1ccc(C2/C(=C(\O)c3ccc(OCc4ccccc4C)cc3)C(=O)C(=O)N2Cc2ccco2)cc1. The summed E-state index contributed by atoms with van der Waals surface area (Å²) in [6.07, 6.45) is 2.39. The fourth-order valence-electron chi connectivity index (χ4n) is 4.69. The summed E-state index contributed by atoms with van der Waals surface area (Å²) >= 11 is 0. The number of carbonyl (C=O) groups excluding carboxylic acids is 2. The lowest BCUT2D eigenvalue weighted by Gasteiger charge is -2.24. The molecule has 6 heteroatoms. The van der Waals surface area contributed by atoms with Crippen LogP contribution in [0.2, 0.25) is 0 Å². The van der Waals surface area contributed by atoms with E-state index in [1.807, 2.05) is 55.5 Å². The zero-order valence-corrected chi connectivity index (χ0v) is 21.4. The quantitative estimate of drug-likeness (QED) is 0.171. The van der Waals surface area contributed by atoms with E-state index in [2.05, 4.69) is 6.92 Å².